The molecule has 1 aliphatic carbocycles. The smallest absolute Gasteiger partial charge is 0.315 e. The first-order valence-electron chi connectivity index (χ1n) is 10.2. The number of amides is 2. The van der Waals surface area contributed by atoms with Crippen LogP contribution in [0.25, 0.3) is 0 Å². The normalized spacial score (nSPS) is 20.7. The summed E-state index contributed by atoms with van der Waals surface area (Å²) in [6.07, 6.45) is 5.32. The number of rotatable bonds is 4. The first kappa shape index (κ1) is 18.1. The highest BCUT2D eigenvalue weighted by atomic mass is 16.2. The van der Waals surface area contributed by atoms with Crippen LogP contribution in [-0.2, 0) is 13.0 Å². The van der Waals surface area contributed by atoms with Crippen molar-refractivity contribution in [2.45, 2.75) is 50.7 Å². The van der Waals surface area contributed by atoms with E-state index in [-0.39, 0.29) is 18.1 Å². The Balaban J connectivity index is 1.24. The molecule has 0 radical (unpaired) electrons. The first-order valence-corrected chi connectivity index (χ1v) is 10.2. The van der Waals surface area contributed by atoms with Gasteiger partial charge < -0.3 is 10.6 Å². The first-order chi connectivity index (χ1) is 13.3. The van der Waals surface area contributed by atoms with E-state index in [2.05, 4.69) is 70.1 Å². The minimum atomic E-state index is -0.0155. The van der Waals surface area contributed by atoms with Gasteiger partial charge in [0, 0.05) is 25.7 Å². The van der Waals surface area contributed by atoms with Crippen LogP contribution in [0.5, 0.6) is 0 Å². The summed E-state index contributed by atoms with van der Waals surface area (Å²) in [5.74, 6) is 0. The van der Waals surface area contributed by atoms with Crippen LogP contribution >= 0.6 is 0 Å². The number of nitrogens with zero attached hydrogens (tertiary/aromatic N) is 1. The zero-order valence-electron chi connectivity index (χ0n) is 15.9. The second-order valence-corrected chi connectivity index (χ2v) is 7.80. The molecule has 27 heavy (non-hydrogen) atoms. The van der Waals surface area contributed by atoms with Crippen molar-refractivity contribution in [3.8, 4) is 0 Å². The third kappa shape index (κ3) is 4.69. The maximum Gasteiger partial charge on any atom is 0.315 e. The van der Waals surface area contributed by atoms with Crippen LogP contribution in [0.4, 0.5) is 4.79 Å². The average Bonchev–Trinajstić information content (AvgIpc) is 2.71. The van der Waals surface area contributed by atoms with E-state index in [0.29, 0.717) is 0 Å². The Morgan fingerprint density at radius 1 is 0.926 bits per heavy atom. The number of likely N-dealkylation sites (tertiary alicyclic amines) is 1. The average molecular weight is 364 g/mol. The molecule has 1 fully saturated rings. The van der Waals surface area contributed by atoms with Crippen molar-refractivity contribution < 1.29 is 4.79 Å². The fourth-order valence-electron chi connectivity index (χ4n) is 4.37. The van der Waals surface area contributed by atoms with Crippen LogP contribution in [0.2, 0.25) is 0 Å². The van der Waals surface area contributed by atoms with E-state index in [1.54, 1.807) is 0 Å². The predicted octanol–water partition coefficient (Wildman–Crippen LogP) is 4.03. The van der Waals surface area contributed by atoms with Crippen LogP contribution in [0.15, 0.2) is 54.6 Å². The summed E-state index contributed by atoms with van der Waals surface area (Å²) in [5.41, 5.74) is 4.03. The van der Waals surface area contributed by atoms with Gasteiger partial charge >= 0.3 is 6.03 Å². The van der Waals surface area contributed by atoms with Gasteiger partial charge in [-0.3, -0.25) is 4.90 Å². The van der Waals surface area contributed by atoms with Gasteiger partial charge in [0.2, 0.25) is 0 Å². The molecular weight excluding hydrogens is 334 g/mol. The molecule has 4 rings (SSSR count). The Labute approximate surface area is 162 Å². The number of benzene rings is 2. The summed E-state index contributed by atoms with van der Waals surface area (Å²) < 4.78 is 0. The molecule has 2 N–H and O–H groups in total. The number of fused-ring (bicyclic) bond motifs is 1. The lowest BCUT2D eigenvalue weighted by atomic mass is 9.88. The van der Waals surface area contributed by atoms with Gasteiger partial charge in [0.25, 0.3) is 0 Å². The van der Waals surface area contributed by atoms with Crippen molar-refractivity contribution in [1.82, 2.24) is 15.5 Å². The Bertz CT molecular complexity index is 753. The van der Waals surface area contributed by atoms with E-state index in [1.807, 2.05) is 0 Å². The topological polar surface area (TPSA) is 44.4 Å². The Morgan fingerprint density at radius 2 is 1.67 bits per heavy atom. The van der Waals surface area contributed by atoms with E-state index in [4.69, 9.17) is 0 Å². The molecule has 1 heterocycles. The third-order valence-electron chi connectivity index (χ3n) is 5.85. The Hall–Kier alpha value is -2.33. The number of aryl methyl sites for hydroxylation is 1. The molecule has 142 valence electrons. The molecule has 0 aromatic heterocycles. The van der Waals surface area contributed by atoms with Gasteiger partial charge in [0.05, 0.1) is 6.04 Å². The van der Waals surface area contributed by atoms with Crippen molar-refractivity contribution >= 4 is 6.03 Å². The number of carbonyl (C=O) groups excluding carboxylic acids is 1. The summed E-state index contributed by atoms with van der Waals surface area (Å²) in [4.78, 5) is 15.0. The SMILES string of the molecule is O=C(NC1CCN(Cc2ccccc2)CC1)NC1CCCc2ccccc21. The summed E-state index contributed by atoms with van der Waals surface area (Å²) in [6, 6.07) is 19.5. The van der Waals surface area contributed by atoms with Crippen molar-refractivity contribution in [3.63, 3.8) is 0 Å². The van der Waals surface area contributed by atoms with Gasteiger partial charge in [-0.15, -0.1) is 0 Å². The van der Waals surface area contributed by atoms with Crippen molar-refractivity contribution in [2.75, 3.05) is 13.1 Å². The van der Waals surface area contributed by atoms with E-state index in [9.17, 15) is 4.79 Å². The molecule has 2 amide bonds. The highest BCUT2D eigenvalue weighted by molar-refractivity contribution is 5.75. The molecule has 0 saturated carbocycles. The number of hydrogen-bond acceptors (Lipinski definition) is 2. The Kier molecular flexibility index (Phi) is 5.73. The van der Waals surface area contributed by atoms with E-state index in [1.165, 1.54) is 16.7 Å². The minimum absolute atomic E-state index is 0.0155. The van der Waals surface area contributed by atoms with Gasteiger partial charge in [-0.1, -0.05) is 54.6 Å². The number of piperidine rings is 1. The molecule has 1 unspecified atom stereocenters. The molecule has 0 spiro atoms. The lowest BCUT2D eigenvalue weighted by Crippen LogP contribution is -2.48. The van der Waals surface area contributed by atoms with Gasteiger partial charge in [-0.2, -0.15) is 0 Å². The molecule has 2 aliphatic rings. The van der Waals surface area contributed by atoms with Crippen LogP contribution in [-0.4, -0.2) is 30.1 Å². The number of carbonyl (C=O) groups is 1. The molecule has 2 aromatic rings. The van der Waals surface area contributed by atoms with Gasteiger partial charge in [0.1, 0.15) is 0 Å². The summed E-state index contributed by atoms with van der Waals surface area (Å²) in [7, 11) is 0. The van der Waals surface area contributed by atoms with E-state index < -0.39 is 0 Å². The maximum atomic E-state index is 12.5. The number of hydrogen-bond donors (Lipinski definition) is 2. The summed E-state index contributed by atoms with van der Waals surface area (Å²) in [6.45, 7) is 3.07. The number of nitrogens with one attached hydrogen (secondary N) is 2. The molecule has 0 bridgehead atoms. The second-order valence-electron chi connectivity index (χ2n) is 7.80. The van der Waals surface area contributed by atoms with E-state index in [0.717, 1.165) is 51.7 Å². The standard InChI is InChI=1S/C23H29N3O/c27-23(25-22-12-6-10-19-9-4-5-11-21(19)22)24-20-13-15-26(16-14-20)17-18-7-2-1-3-8-18/h1-5,7-9,11,20,22H,6,10,12-17H2,(H2,24,25,27). The largest absolute Gasteiger partial charge is 0.335 e. The second kappa shape index (κ2) is 8.57. The van der Waals surface area contributed by atoms with Gasteiger partial charge in [0.15, 0.2) is 0 Å². The quantitative estimate of drug-likeness (QED) is 0.861. The summed E-state index contributed by atoms with van der Waals surface area (Å²) >= 11 is 0. The Morgan fingerprint density at radius 3 is 2.48 bits per heavy atom. The number of urea groups is 1. The van der Waals surface area contributed by atoms with Crippen molar-refractivity contribution in [3.05, 3.63) is 71.3 Å². The zero-order valence-corrected chi connectivity index (χ0v) is 15.9. The molecule has 4 heteroatoms. The van der Waals surface area contributed by atoms with Crippen molar-refractivity contribution in [2.24, 2.45) is 0 Å². The lowest BCUT2D eigenvalue weighted by molar-refractivity contribution is 0.185. The van der Waals surface area contributed by atoms with Gasteiger partial charge in [-0.05, 0) is 48.8 Å². The van der Waals surface area contributed by atoms with Crippen LogP contribution in [0.3, 0.4) is 0 Å². The van der Waals surface area contributed by atoms with Gasteiger partial charge in [-0.25, -0.2) is 4.79 Å². The van der Waals surface area contributed by atoms with Crippen LogP contribution in [0, 0.1) is 0 Å². The molecule has 1 aliphatic heterocycles. The predicted molar refractivity (Wildman–Crippen MR) is 109 cm³/mol. The van der Waals surface area contributed by atoms with Crippen LogP contribution in [0.1, 0.15) is 48.4 Å². The van der Waals surface area contributed by atoms with E-state index >= 15 is 0 Å². The minimum Gasteiger partial charge on any atom is -0.335 e. The third-order valence-corrected chi connectivity index (χ3v) is 5.85. The summed E-state index contributed by atoms with van der Waals surface area (Å²) in [5, 5.41) is 6.41. The molecule has 1 atom stereocenters. The maximum absolute atomic E-state index is 12.5. The highest BCUT2D eigenvalue weighted by Gasteiger charge is 2.24. The fraction of sp³-hybridized carbons (Fsp3) is 0.435. The zero-order chi connectivity index (χ0) is 18.5. The molecule has 4 nitrogen and oxygen atoms in total. The highest BCUT2D eigenvalue weighted by Crippen LogP contribution is 2.29. The van der Waals surface area contributed by atoms with Crippen molar-refractivity contribution in [1.29, 1.82) is 0 Å². The van der Waals surface area contributed by atoms with Crippen LogP contribution < -0.4 is 10.6 Å². The molecule has 2 aromatic carbocycles. The molecular formula is C23H29N3O. The molecule has 1 saturated heterocycles. The lowest BCUT2D eigenvalue weighted by Gasteiger charge is -2.33. The monoisotopic (exact) mass is 363 g/mol. The fourth-order valence-corrected chi connectivity index (χ4v) is 4.37.